The Balaban J connectivity index is 1.73. The number of benzene rings is 6. The van der Waals surface area contributed by atoms with Gasteiger partial charge in [0.1, 0.15) is 0 Å². The fourth-order valence-electron chi connectivity index (χ4n) is 6.97. The Bertz CT molecular complexity index is 2920. The Labute approximate surface area is 444 Å². The molecule has 0 spiro atoms. The van der Waals surface area contributed by atoms with Crippen LogP contribution in [0, 0.1) is 0 Å². The summed E-state index contributed by atoms with van der Waals surface area (Å²) in [5.41, 5.74) is 2.16. The van der Waals surface area contributed by atoms with Gasteiger partial charge >= 0.3 is 23.0 Å². The largest absolute Gasteiger partial charge is 0.493 e. The zero-order valence-corrected chi connectivity index (χ0v) is 44.5. The summed E-state index contributed by atoms with van der Waals surface area (Å²) >= 11 is 0. The fourth-order valence-corrected chi connectivity index (χ4v) is 16.1. The lowest BCUT2D eigenvalue weighted by atomic mass is 10.2. The Morgan fingerprint density at radius 2 is 0.423 bits per heavy atom. The SMILES string of the molecule is COc1cc(/C=N/O)ccc1OP1(Oc2ccc(/C=N/O)cc2OC)=NP(Oc2ccc(/C=N/O)cc2OC)(Oc2ccc(/C=N/O)cc2OC)=NP(Oc2ccc(/C=N/O)cc2OC)(Oc2ccc(/C=N/O)cc2OC)=N1. The zero-order chi connectivity index (χ0) is 55.7. The Kier molecular flexibility index (Phi) is 18.6. The minimum Gasteiger partial charge on any atom is -0.493 e. The highest BCUT2D eigenvalue weighted by molar-refractivity contribution is 7.79. The van der Waals surface area contributed by atoms with Gasteiger partial charge in [0.15, 0.2) is 69.0 Å². The second kappa shape index (κ2) is 25.8. The van der Waals surface area contributed by atoms with Crippen LogP contribution in [0.4, 0.5) is 0 Å². The van der Waals surface area contributed by atoms with Gasteiger partial charge in [-0.1, -0.05) is 44.5 Å². The van der Waals surface area contributed by atoms with Crippen molar-refractivity contribution >= 4 is 60.3 Å². The number of hydrogen-bond donors (Lipinski definition) is 6. The van der Waals surface area contributed by atoms with Crippen molar-refractivity contribution in [1.82, 2.24) is 0 Å². The summed E-state index contributed by atoms with van der Waals surface area (Å²) < 4.78 is 92.9. The Morgan fingerprint density at radius 1 is 0.269 bits per heavy atom. The predicted octanol–water partition coefficient (Wildman–Crippen LogP) is 11.2. The second-order valence-corrected chi connectivity index (χ2v) is 21.4. The minimum absolute atomic E-state index is 0.0255. The smallest absolute Gasteiger partial charge is 0.461 e. The highest BCUT2D eigenvalue weighted by atomic mass is 31.3. The molecule has 0 saturated carbocycles. The molecule has 0 fully saturated rings. The third kappa shape index (κ3) is 13.3. The van der Waals surface area contributed by atoms with Gasteiger partial charge in [0.05, 0.1) is 79.9 Å². The maximum atomic E-state index is 9.49. The first kappa shape index (κ1) is 56.2. The molecule has 1 aliphatic heterocycles. The van der Waals surface area contributed by atoms with E-state index in [9.17, 15) is 31.2 Å². The number of methoxy groups -OCH3 is 6. The van der Waals surface area contributed by atoms with Crippen molar-refractivity contribution in [3.05, 3.63) is 143 Å². The van der Waals surface area contributed by atoms with Crippen molar-refractivity contribution in [3.63, 3.8) is 0 Å². The molecule has 30 heteroatoms. The van der Waals surface area contributed by atoms with Crippen LogP contribution in [0.25, 0.3) is 0 Å². The molecular formula is C48H48N9O18P3. The molecule has 0 aromatic heterocycles. The van der Waals surface area contributed by atoms with Crippen molar-refractivity contribution < 1.29 is 86.8 Å². The van der Waals surface area contributed by atoms with Crippen molar-refractivity contribution in [1.29, 1.82) is 0 Å². The van der Waals surface area contributed by atoms with Crippen LogP contribution in [0.15, 0.2) is 154 Å². The maximum absolute atomic E-state index is 9.49. The van der Waals surface area contributed by atoms with E-state index in [2.05, 4.69) is 30.9 Å². The quantitative estimate of drug-likeness (QED) is 0.0142. The highest BCUT2D eigenvalue weighted by Crippen LogP contribution is 2.80. The van der Waals surface area contributed by atoms with Crippen LogP contribution in [-0.2, 0) is 0 Å². The maximum Gasteiger partial charge on any atom is 0.461 e. The molecule has 0 atom stereocenters. The van der Waals surface area contributed by atoms with Crippen LogP contribution < -0.4 is 55.6 Å². The first-order valence-electron chi connectivity index (χ1n) is 22.1. The average Bonchev–Trinajstić information content (AvgIpc) is 3.46. The third-order valence-electron chi connectivity index (χ3n) is 10.3. The number of ether oxygens (including phenoxy) is 6. The van der Waals surface area contributed by atoms with Crippen LogP contribution in [0.1, 0.15) is 33.4 Å². The van der Waals surface area contributed by atoms with Gasteiger partial charge in [0.2, 0.25) is 0 Å². The van der Waals surface area contributed by atoms with Gasteiger partial charge in [-0.25, -0.2) is 0 Å². The van der Waals surface area contributed by atoms with E-state index in [4.69, 9.17) is 69.1 Å². The normalized spacial score (nSPS) is 14.4. The first-order chi connectivity index (χ1) is 37.9. The lowest BCUT2D eigenvalue weighted by Gasteiger charge is -2.34. The monoisotopic (exact) mass is 1130 g/mol. The molecule has 0 aliphatic carbocycles. The lowest BCUT2D eigenvalue weighted by Crippen LogP contribution is -2.12. The van der Waals surface area contributed by atoms with Crippen LogP contribution in [0.2, 0.25) is 0 Å². The summed E-state index contributed by atoms with van der Waals surface area (Å²) in [5.74, 6) is -0.428. The number of nitrogens with zero attached hydrogens (tertiary/aromatic N) is 9. The molecule has 0 radical (unpaired) electrons. The van der Waals surface area contributed by atoms with Gasteiger partial charge in [0.25, 0.3) is 0 Å². The summed E-state index contributed by atoms with van der Waals surface area (Å²) in [6, 6.07) is 26.7. The zero-order valence-electron chi connectivity index (χ0n) is 41.8. The predicted molar refractivity (Wildman–Crippen MR) is 286 cm³/mol. The Hall–Kier alpha value is -9.57. The fraction of sp³-hybridized carbons (Fsp3) is 0.125. The minimum atomic E-state index is -4.89. The molecule has 7 rings (SSSR count). The summed E-state index contributed by atoms with van der Waals surface area (Å²) in [7, 11) is -6.60. The van der Waals surface area contributed by atoms with Gasteiger partial charge < -0.3 is 86.8 Å². The highest BCUT2D eigenvalue weighted by Gasteiger charge is 2.50. The van der Waals surface area contributed by atoms with E-state index in [1.807, 2.05) is 0 Å². The van der Waals surface area contributed by atoms with E-state index >= 15 is 0 Å². The van der Waals surface area contributed by atoms with Crippen LogP contribution in [0.3, 0.4) is 0 Å². The van der Waals surface area contributed by atoms with E-state index in [1.165, 1.54) is 152 Å². The van der Waals surface area contributed by atoms with Gasteiger partial charge in [0, 0.05) is 33.4 Å². The number of oxime groups is 6. The van der Waals surface area contributed by atoms with Crippen LogP contribution in [0.5, 0.6) is 69.0 Å². The molecule has 6 aromatic rings. The van der Waals surface area contributed by atoms with Crippen molar-refractivity contribution in [2.24, 2.45) is 44.5 Å². The molecule has 0 unspecified atom stereocenters. The van der Waals surface area contributed by atoms with E-state index in [-0.39, 0.29) is 69.0 Å². The summed E-state index contributed by atoms with van der Waals surface area (Å²) in [5, 5.41) is 75.8. The molecule has 27 nitrogen and oxygen atoms in total. The lowest BCUT2D eigenvalue weighted by molar-refractivity contribution is 0.321. The topological polar surface area (TPSA) is 343 Å². The van der Waals surface area contributed by atoms with Crippen molar-refractivity contribution in [2.45, 2.75) is 0 Å². The van der Waals surface area contributed by atoms with Gasteiger partial charge in [-0.05, 0) is 109 Å². The van der Waals surface area contributed by atoms with E-state index in [0.717, 1.165) is 37.3 Å². The molecule has 6 aromatic carbocycles. The molecule has 6 N–H and O–H groups in total. The van der Waals surface area contributed by atoms with Crippen LogP contribution >= 0.6 is 23.0 Å². The van der Waals surface area contributed by atoms with E-state index < -0.39 is 23.0 Å². The summed E-state index contributed by atoms with van der Waals surface area (Å²) in [6.45, 7) is 0. The molecule has 1 heterocycles. The molecule has 78 heavy (non-hydrogen) atoms. The molecule has 0 bridgehead atoms. The standard InChI is InChI=1S/C48H48N9O18P3/c1-64-43-19-31(25-49-58)7-13-37(43)70-76(71-38-14-8-32(26-50-59)20-44(38)65-2)55-77(72-39-15-9-33(27-51-60)21-45(39)66-3,73-40-16-10-34(28-52-61)22-46(40)67-4)57-78(56-76,74-41-17-11-35(29-53-62)23-47(41)68-5)75-42-18-12-36(30-54-63)24-48(42)69-6/h7-30,58-63H,1-6H3/b49-25+,50-26+,51-27+,52-28+,53-29+,54-30+. The number of rotatable bonds is 24. The van der Waals surface area contributed by atoms with Crippen molar-refractivity contribution in [2.75, 3.05) is 42.7 Å². The van der Waals surface area contributed by atoms with Crippen LogP contribution in [-0.4, -0.2) is 111 Å². The second-order valence-electron chi connectivity index (χ2n) is 15.2. The summed E-state index contributed by atoms with van der Waals surface area (Å²) in [4.78, 5) is 0. The molecule has 1 aliphatic rings. The molecule has 408 valence electrons. The van der Waals surface area contributed by atoms with Gasteiger partial charge in [-0.3, -0.25) is 0 Å². The Morgan fingerprint density at radius 3 is 0.551 bits per heavy atom. The molecular weight excluding hydrogens is 1080 g/mol. The average molecular weight is 1130 g/mol. The summed E-state index contributed by atoms with van der Waals surface area (Å²) in [6.07, 6.45) is 6.87. The molecule has 0 amide bonds. The van der Waals surface area contributed by atoms with Crippen molar-refractivity contribution in [3.8, 4) is 69.0 Å². The first-order valence-corrected chi connectivity index (χ1v) is 26.7. The van der Waals surface area contributed by atoms with E-state index in [0.29, 0.717) is 33.4 Å². The molecule has 0 saturated heterocycles. The van der Waals surface area contributed by atoms with E-state index in [1.54, 1.807) is 0 Å². The number of hydrogen-bond acceptors (Lipinski definition) is 27. The van der Waals surface area contributed by atoms with Gasteiger partial charge in [-0.15, -0.1) is 0 Å². The third-order valence-corrected chi connectivity index (χ3v) is 18.4. The van der Waals surface area contributed by atoms with Gasteiger partial charge in [-0.2, -0.15) is 0 Å².